The number of carbonyl (C=O) groups is 1. The molecule has 0 saturated carbocycles. The molecule has 2 aromatic carbocycles. The van der Waals surface area contributed by atoms with E-state index in [1.165, 1.54) is 6.07 Å². The number of rotatable bonds is 3. The second kappa shape index (κ2) is 5.48. The van der Waals surface area contributed by atoms with Crippen molar-refractivity contribution in [3.05, 3.63) is 63.6 Å². The van der Waals surface area contributed by atoms with E-state index in [1.807, 2.05) is 0 Å². The Morgan fingerprint density at radius 2 is 1.89 bits per heavy atom. The third-order valence-corrected chi connectivity index (χ3v) is 3.38. The first-order valence-electron chi connectivity index (χ1n) is 5.49. The Hall–Kier alpha value is -1.75. The molecule has 5 heteroatoms. The average molecular weight is 326 g/mol. The summed E-state index contributed by atoms with van der Waals surface area (Å²) in [6.45, 7) is 0. The summed E-state index contributed by atoms with van der Waals surface area (Å²) in [5, 5.41) is 0. The van der Waals surface area contributed by atoms with Crippen LogP contribution in [0.25, 0.3) is 0 Å². The number of Topliss-reactive ketones (excluding diaryl/α,β-unsaturated/α-hetero) is 1. The van der Waals surface area contributed by atoms with Crippen molar-refractivity contribution in [1.29, 1.82) is 0 Å². The number of hydrogen-bond donors (Lipinski definition) is 1. The van der Waals surface area contributed by atoms with Gasteiger partial charge in [-0.25, -0.2) is 8.78 Å². The lowest BCUT2D eigenvalue weighted by atomic mass is 10.0. The summed E-state index contributed by atoms with van der Waals surface area (Å²) in [7, 11) is 0. The lowest BCUT2D eigenvalue weighted by Gasteiger charge is -2.05. The van der Waals surface area contributed by atoms with E-state index >= 15 is 0 Å². The molecule has 19 heavy (non-hydrogen) atoms. The molecule has 0 aromatic heterocycles. The maximum absolute atomic E-state index is 13.4. The minimum Gasteiger partial charge on any atom is -0.398 e. The molecule has 2 aromatic rings. The van der Waals surface area contributed by atoms with Crippen LogP contribution in [0.3, 0.4) is 0 Å². The molecule has 0 aliphatic heterocycles. The highest BCUT2D eigenvalue weighted by Crippen LogP contribution is 2.21. The van der Waals surface area contributed by atoms with Crippen molar-refractivity contribution in [3.8, 4) is 0 Å². The standard InChI is InChI=1S/C14H10BrF2NO/c15-11-5-9(2-4-13(11)18)14(19)6-8-1-3-10(16)7-12(8)17/h1-5,7H,6,18H2. The Morgan fingerprint density at radius 1 is 1.16 bits per heavy atom. The number of hydrogen-bond acceptors (Lipinski definition) is 2. The molecule has 0 atom stereocenters. The van der Waals surface area contributed by atoms with E-state index in [-0.39, 0.29) is 17.8 Å². The maximum Gasteiger partial charge on any atom is 0.167 e. The van der Waals surface area contributed by atoms with Gasteiger partial charge < -0.3 is 5.73 Å². The monoisotopic (exact) mass is 325 g/mol. The van der Waals surface area contributed by atoms with E-state index < -0.39 is 11.6 Å². The van der Waals surface area contributed by atoms with Crippen molar-refractivity contribution in [2.45, 2.75) is 6.42 Å². The predicted molar refractivity (Wildman–Crippen MR) is 72.9 cm³/mol. The summed E-state index contributed by atoms with van der Waals surface area (Å²) < 4.78 is 26.8. The smallest absolute Gasteiger partial charge is 0.167 e. The van der Waals surface area contributed by atoms with Crippen molar-refractivity contribution in [2.24, 2.45) is 0 Å². The van der Waals surface area contributed by atoms with E-state index in [9.17, 15) is 13.6 Å². The quantitative estimate of drug-likeness (QED) is 0.690. The molecule has 0 spiro atoms. The molecule has 0 radical (unpaired) electrons. The number of carbonyl (C=O) groups excluding carboxylic acids is 1. The number of halogens is 3. The molecule has 0 fully saturated rings. The van der Waals surface area contributed by atoms with E-state index in [0.29, 0.717) is 15.7 Å². The Bertz CT molecular complexity index is 643. The van der Waals surface area contributed by atoms with Crippen LogP contribution in [-0.4, -0.2) is 5.78 Å². The summed E-state index contributed by atoms with van der Waals surface area (Å²) in [6, 6.07) is 7.92. The van der Waals surface area contributed by atoms with Crippen molar-refractivity contribution in [3.63, 3.8) is 0 Å². The van der Waals surface area contributed by atoms with Gasteiger partial charge in [0, 0.05) is 28.2 Å². The molecule has 0 saturated heterocycles. The van der Waals surface area contributed by atoms with Crippen molar-refractivity contribution < 1.29 is 13.6 Å². The van der Waals surface area contributed by atoms with E-state index in [1.54, 1.807) is 18.2 Å². The highest BCUT2D eigenvalue weighted by molar-refractivity contribution is 9.10. The van der Waals surface area contributed by atoms with Gasteiger partial charge in [0.15, 0.2) is 5.78 Å². The molecule has 0 amide bonds. The van der Waals surface area contributed by atoms with Crippen LogP contribution >= 0.6 is 15.9 Å². The van der Waals surface area contributed by atoms with E-state index in [4.69, 9.17) is 5.73 Å². The van der Waals surface area contributed by atoms with Crippen LogP contribution in [0.5, 0.6) is 0 Å². The highest BCUT2D eigenvalue weighted by atomic mass is 79.9. The predicted octanol–water partition coefficient (Wildman–Crippen LogP) is 3.73. The van der Waals surface area contributed by atoms with E-state index in [0.717, 1.165) is 12.1 Å². The van der Waals surface area contributed by atoms with Gasteiger partial charge in [-0.2, -0.15) is 0 Å². The zero-order chi connectivity index (χ0) is 14.0. The molecule has 2 rings (SSSR count). The van der Waals surface area contributed by atoms with Gasteiger partial charge in [-0.15, -0.1) is 0 Å². The summed E-state index contributed by atoms with van der Waals surface area (Å²) in [5.74, 6) is -1.64. The van der Waals surface area contributed by atoms with E-state index in [2.05, 4.69) is 15.9 Å². The van der Waals surface area contributed by atoms with Crippen molar-refractivity contribution >= 4 is 27.4 Å². The Kier molecular flexibility index (Phi) is 3.95. The molecule has 0 heterocycles. The molecule has 2 N–H and O–H groups in total. The molecule has 0 aliphatic rings. The SMILES string of the molecule is Nc1ccc(C(=O)Cc2ccc(F)cc2F)cc1Br. The van der Waals surface area contributed by atoms with Crippen LogP contribution < -0.4 is 5.73 Å². The zero-order valence-corrected chi connectivity index (χ0v) is 11.4. The van der Waals surface area contributed by atoms with Crippen molar-refractivity contribution in [2.75, 3.05) is 5.73 Å². The molecule has 2 nitrogen and oxygen atoms in total. The van der Waals surface area contributed by atoms with Crippen LogP contribution in [-0.2, 0) is 6.42 Å². The Balaban J connectivity index is 2.23. The van der Waals surface area contributed by atoms with Crippen LogP contribution in [0.4, 0.5) is 14.5 Å². The number of nitrogen functional groups attached to an aromatic ring is 1. The maximum atomic E-state index is 13.4. The third kappa shape index (κ3) is 3.17. The van der Waals surface area contributed by atoms with Gasteiger partial charge in [0.05, 0.1) is 0 Å². The minimum atomic E-state index is -0.720. The highest BCUT2D eigenvalue weighted by Gasteiger charge is 2.12. The fourth-order valence-corrected chi connectivity index (χ4v) is 2.02. The van der Waals surface area contributed by atoms with Gasteiger partial charge in [0.1, 0.15) is 11.6 Å². The number of benzene rings is 2. The van der Waals surface area contributed by atoms with Crippen LogP contribution in [0.15, 0.2) is 40.9 Å². The normalized spacial score (nSPS) is 10.5. The second-order valence-electron chi connectivity index (χ2n) is 4.07. The molecule has 0 unspecified atom stereocenters. The van der Waals surface area contributed by atoms with Crippen LogP contribution in [0.1, 0.15) is 15.9 Å². The number of anilines is 1. The molecule has 0 bridgehead atoms. The first kappa shape index (κ1) is 13.7. The van der Waals surface area contributed by atoms with Gasteiger partial charge in [-0.3, -0.25) is 4.79 Å². The first-order valence-corrected chi connectivity index (χ1v) is 6.29. The molecular weight excluding hydrogens is 316 g/mol. The van der Waals surface area contributed by atoms with Gasteiger partial charge >= 0.3 is 0 Å². The number of nitrogens with two attached hydrogens (primary N) is 1. The fraction of sp³-hybridized carbons (Fsp3) is 0.0714. The minimum absolute atomic E-state index is 0.123. The zero-order valence-electron chi connectivity index (χ0n) is 9.79. The van der Waals surface area contributed by atoms with Crippen LogP contribution in [0.2, 0.25) is 0 Å². The fourth-order valence-electron chi connectivity index (χ4n) is 1.64. The Morgan fingerprint density at radius 3 is 2.53 bits per heavy atom. The number of ketones is 1. The average Bonchev–Trinajstić information content (AvgIpc) is 2.36. The third-order valence-electron chi connectivity index (χ3n) is 2.69. The molecule has 98 valence electrons. The lowest BCUT2D eigenvalue weighted by molar-refractivity contribution is 0.0991. The first-order chi connectivity index (χ1) is 8.97. The van der Waals surface area contributed by atoms with Gasteiger partial charge in [-0.1, -0.05) is 6.07 Å². The van der Waals surface area contributed by atoms with Gasteiger partial charge in [0.2, 0.25) is 0 Å². The molecular formula is C14H10BrF2NO. The summed E-state index contributed by atoms with van der Waals surface area (Å²) in [6.07, 6.45) is -0.123. The van der Waals surface area contributed by atoms with Crippen molar-refractivity contribution in [1.82, 2.24) is 0 Å². The molecule has 0 aliphatic carbocycles. The second-order valence-corrected chi connectivity index (χ2v) is 4.93. The summed E-state index contributed by atoms with van der Waals surface area (Å²) in [5.41, 5.74) is 6.73. The lowest BCUT2D eigenvalue weighted by Crippen LogP contribution is -2.06. The van der Waals surface area contributed by atoms with Gasteiger partial charge in [-0.05, 0) is 45.8 Å². The Labute approximate surface area is 117 Å². The van der Waals surface area contributed by atoms with Crippen LogP contribution in [0, 0.1) is 11.6 Å². The summed E-state index contributed by atoms with van der Waals surface area (Å²) >= 11 is 3.22. The topological polar surface area (TPSA) is 43.1 Å². The summed E-state index contributed by atoms with van der Waals surface area (Å²) in [4.78, 5) is 12.0. The largest absolute Gasteiger partial charge is 0.398 e. The van der Waals surface area contributed by atoms with Gasteiger partial charge in [0.25, 0.3) is 0 Å².